The number of thiophene rings is 1. The zero-order valence-electron chi connectivity index (χ0n) is 10.7. The van der Waals surface area contributed by atoms with Gasteiger partial charge >= 0.3 is 0 Å². The minimum absolute atomic E-state index is 0.00454. The molecule has 1 fully saturated rings. The molecule has 0 spiro atoms. The van der Waals surface area contributed by atoms with E-state index in [0.29, 0.717) is 19.5 Å². The van der Waals surface area contributed by atoms with Gasteiger partial charge in [0, 0.05) is 24.4 Å². The molecule has 1 saturated heterocycles. The summed E-state index contributed by atoms with van der Waals surface area (Å²) in [5, 5.41) is 4.80. The number of nitrogens with zero attached hydrogens (tertiary/aromatic N) is 1. The summed E-state index contributed by atoms with van der Waals surface area (Å²) in [6.07, 6.45) is 1.24. The summed E-state index contributed by atoms with van der Waals surface area (Å²) in [5.74, 6) is -0.0446. The summed E-state index contributed by atoms with van der Waals surface area (Å²) in [4.78, 5) is 26.9. The van der Waals surface area contributed by atoms with Crippen LogP contribution >= 0.6 is 11.3 Å². The Hall–Kier alpha value is -1.36. The lowest BCUT2D eigenvalue weighted by Crippen LogP contribution is -2.53. The molecule has 1 N–H and O–H groups in total. The number of rotatable bonds is 3. The summed E-state index contributed by atoms with van der Waals surface area (Å²) in [6, 6.07) is 4.08. The molecule has 98 valence electrons. The van der Waals surface area contributed by atoms with E-state index in [-0.39, 0.29) is 11.8 Å². The lowest BCUT2D eigenvalue weighted by Gasteiger charge is -2.28. The SMILES string of the molecule is CC1(C)NC(=O)CCN(CCc2cccs2)C1=O. The fourth-order valence-electron chi connectivity index (χ4n) is 2.11. The summed E-state index contributed by atoms with van der Waals surface area (Å²) < 4.78 is 0. The van der Waals surface area contributed by atoms with Crippen molar-refractivity contribution >= 4 is 23.2 Å². The first-order valence-corrected chi connectivity index (χ1v) is 7.00. The van der Waals surface area contributed by atoms with Crippen LogP contribution in [0.15, 0.2) is 17.5 Å². The number of carbonyl (C=O) groups excluding carboxylic acids is 2. The Morgan fingerprint density at radius 3 is 2.89 bits per heavy atom. The van der Waals surface area contributed by atoms with Gasteiger partial charge in [-0.15, -0.1) is 11.3 Å². The summed E-state index contributed by atoms with van der Waals surface area (Å²) >= 11 is 1.70. The molecule has 1 aromatic rings. The van der Waals surface area contributed by atoms with E-state index in [0.717, 1.165) is 6.42 Å². The third-order valence-electron chi connectivity index (χ3n) is 3.09. The predicted octanol–water partition coefficient (Wildman–Crippen LogP) is 1.42. The molecule has 2 amide bonds. The molecule has 2 rings (SSSR count). The first-order valence-electron chi connectivity index (χ1n) is 6.12. The van der Waals surface area contributed by atoms with Gasteiger partial charge in [-0.05, 0) is 31.7 Å². The van der Waals surface area contributed by atoms with E-state index in [1.807, 2.05) is 11.4 Å². The van der Waals surface area contributed by atoms with Crippen molar-refractivity contribution in [3.63, 3.8) is 0 Å². The second-order valence-electron chi connectivity index (χ2n) is 5.04. The zero-order valence-corrected chi connectivity index (χ0v) is 11.5. The highest BCUT2D eigenvalue weighted by Crippen LogP contribution is 2.15. The largest absolute Gasteiger partial charge is 0.342 e. The number of carbonyl (C=O) groups is 2. The highest BCUT2D eigenvalue weighted by atomic mass is 32.1. The maximum atomic E-state index is 12.3. The lowest BCUT2D eigenvalue weighted by atomic mass is 10.0. The molecule has 0 saturated carbocycles. The highest BCUT2D eigenvalue weighted by Gasteiger charge is 2.36. The van der Waals surface area contributed by atoms with E-state index in [1.54, 1.807) is 30.1 Å². The maximum absolute atomic E-state index is 12.3. The quantitative estimate of drug-likeness (QED) is 0.899. The number of nitrogens with one attached hydrogen (secondary N) is 1. The molecule has 18 heavy (non-hydrogen) atoms. The first kappa shape index (κ1) is 13.1. The van der Waals surface area contributed by atoms with Crippen molar-refractivity contribution in [2.75, 3.05) is 13.1 Å². The molecular formula is C13H18N2O2S. The number of hydrogen-bond donors (Lipinski definition) is 1. The molecule has 1 aromatic heterocycles. The Balaban J connectivity index is 2.02. The Morgan fingerprint density at radius 2 is 2.22 bits per heavy atom. The third-order valence-corrected chi connectivity index (χ3v) is 4.03. The lowest BCUT2D eigenvalue weighted by molar-refractivity contribution is -0.137. The van der Waals surface area contributed by atoms with Crippen LogP contribution in [0.1, 0.15) is 25.1 Å². The van der Waals surface area contributed by atoms with Gasteiger partial charge in [-0.3, -0.25) is 9.59 Å². The van der Waals surface area contributed by atoms with Crippen molar-refractivity contribution in [1.82, 2.24) is 10.2 Å². The third kappa shape index (κ3) is 2.90. The molecule has 0 atom stereocenters. The van der Waals surface area contributed by atoms with Crippen LogP contribution in [0.2, 0.25) is 0 Å². The molecule has 0 aliphatic carbocycles. The van der Waals surface area contributed by atoms with Crippen molar-refractivity contribution in [1.29, 1.82) is 0 Å². The predicted molar refractivity (Wildman–Crippen MR) is 71.4 cm³/mol. The van der Waals surface area contributed by atoms with Crippen molar-refractivity contribution in [2.24, 2.45) is 0 Å². The van der Waals surface area contributed by atoms with Crippen LogP contribution in [0.3, 0.4) is 0 Å². The van der Waals surface area contributed by atoms with Gasteiger partial charge in [-0.1, -0.05) is 6.07 Å². The molecule has 0 bridgehead atoms. The van der Waals surface area contributed by atoms with E-state index < -0.39 is 5.54 Å². The normalized spacial score (nSPS) is 19.6. The standard InChI is InChI=1S/C13H18N2O2S/c1-13(2)12(17)15(8-6-11(16)14-13)7-5-10-4-3-9-18-10/h3-4,9H,5-8H2,1-2H3,(H,14,16). The van der Waals surface area contributed by atoms with Crippen molar-refractivity contribution in [2.45, 2.75) is 32.2 Å². The van der Waals surface area contributed by atoms with Gasteiger partial charge in [0.05, 0.1) is 0 Å². The second kappa shape index (κ2) is 5.10. The molecule has 4 nitrogen and oxygen atoms in total. The van der Waals surface area contributed by atoms with Crippen LogP contribution in [0, 0.1) is 0 Å². The van der Waals surface area contributed by atoms with Gasteiger partial charge < -0.3 is 10.2 Å². The number of amides is 2. The molecule has 0 aromatic carbocycles. The topological polar surface area (TPSA) is 49.4 Å². The number of hydrogen-bond acceptors (Lipinski definition) is 3. The highest BCUT2D eigenvalue weighted by molar-refractivity contribution is 7.09. The van der Waals surface area contributed by atoms with Crippen LogP contribution in [0.25, 0.3) is 0 Å². The van der Waals surface area contributed by atoms with Crippen molar-refractivity contribution < 1.29 is 9.59 Å². The van der Waals surface area contributed by atoms with Gasteiger partial charge in [-0.2, -0.15) is 0 Å². The minimum atomic E-state index is -0.789. The molecule has 1 aliphatic heterocycles. The smallest absolute Gasteiger partial charge is 0.247 e. The summed E-state index contributed by atoms with van der Waals surface area (Å²) in [6.45, 7) is 4.71. The maximum Gasteiger partial charge on any atom is 0.247 e. The molecular weight excluding hydrogens is 248 g/mol. The van der Waals surface area contributed by atoms with Crippen LogP contribution in [0.5, 0.6) is 0 Å². The Labute approximate surface area is 111 Å². The van der Waals surface area contributed by atoms with E-state index in [4.69, 9.17) is 0 Å². The van der Waals surface area contributed by atoms with Gasteiger partial charge in [0.25, 0.3) is 0 Å². The van der Waals surface area contributed by atoms with Gasteiger partial charge in [-0.25, -0.2) is 0 Å². The molecule has 2 heterocycles. The van der Waals surface area contributed by atoms with Crippen LogP contribution in [0.4, 0.5) is 0 Å². The fourth-order valence-corrected chi connectivity index (χ4v) is 2.81. The Kier molecular flexibility index (Phi) is 3.71. The fraction of sp³-hybridized carbons (Fsp3) is 0.538. The molecule has 0 radical (unpaired) electrons. The van der Waals surface area contributed by atoms with Gasteiger partial charge in [0.2, 0.25) is 11.8 Å². The van der Waals surface area contributed by atoms with Crippen LogP contribution in [-0.4, -0.2) is 35.3 Å². The molecule has 5 heteroatoms. The minimum Gasteiger partial charge on any atom is -0.342 e. The van der Waals surface area contributed by atoms with Gasteiger partial charge in [0.15, 0.2) is 0 Å². The molecule has 0 unspecified atom stereocenters. The average Bonchev–Trinajstić information content (AvgIpc) is 2.77. The monoisotopic (exact) mass is 266 g/mol. The summed E-state index contributed by atoms with van der Waals surface area (Å²) in [5.41, 5.74) is -0.789. The van der Waals surface area contributed by atoms with Crippen LogP contribution < -0.4 is 5.32 Å². The zero-order chi connectivity index (χ0) is 13.2. The summed E-state index contributed by atoms with van der Waals surface area (Å²) in [7, 11) is 0. The average molecular weight is 266 g/mol. The van der Waals surface area contributed by atoms with Crippen molar-refractivity contribution in [3.05, 3.63) is 22.4 Å². The Bertz CT molecular complexity index is 440. The van der Waals surface area contributed by atoms with Crippen molar-refractivity contribution in [3.8, 4) is 0 Å². The van der Waals surface area contributed by atoms with E-state index in [2.05, 4.69) is 11.4 Å². The second-order valence-corrected chi connectivity index (χ2v) is 6.08. The van der Waals surface area contributed by atoms with E-state index >= 15 is 0 Å². The molecule has 1 aliphatic rings. The van der Waals surface area contributed by atoms with E-state index in [1.165, 1.54) is 4.88 Å². The van der Waals surface area contributed by atoms with E-state index in [9.17, 15) is 9.59 Å². The van der Waals surface area contributed by atoms with Gasteiger partial charge in [0.1, 0.15) is 5.54 Å². The Morgan fingerprint density at radius 1 is 1.44 bits per heavy atom. The van der Waals surface area contributed by atoms with Crippen LogP contribution in [-0.2, 0) is 16.0 Å². The first-order chi connectivity index (χ1) is 8.49.